The third-order valence-electron chi connectivity index (χ3n) is 7.06. The molecule has 35 heavy (non-hydrogen) atoms. The predicted molar refractivity (Wildman–Crippen MR) is 150 cm³/mol. The molecule has 0 N–H and O–H groups in total. The molecule has 1 aromatic heterocycles. The van der Waals surface area contributed by atoms with E-state index in [0.29, 0.717) is 5.92 Å². The van der Waals surface area contributed by atoms with Crippen LogP contribution in [0.25, 0.3) is 11.8 Å². The largest absolute Gasteiger partial charge is 0.318 e. The van der Waals surface area contributed by atoms with E-state index in [4.69, 9.17) is 4.99 Å². The van der Waals surface area contributed by atoms with Gasteiger partial charge in [-0.1, -0.05) is 53.9 Å². The van der Waals surface area contributed by atoms with Gasteiger partial charge in [0.1, 0.15) is 0 Å². The lowest BCUT2D eigenvalue weighted by Crippen LogP contribution is -2.44. The van der Waals surface area contributed by atoms with Gasteiger partial charge in [0.25, 0.3) is 5.91 Å². The van der Waals surface area contributed by atoms with Crippen LogP contribution in [-0.2, 0) is 4.79 Å². The van der Waals surface area contributed by atoms with Crippen LogP contribution in [0.15, 0.2) is 75.0 Å². The van der Waals surface area contributed by atoms with Gasteiger partial charge < -0.3 is 4.57 Å². The Balaban J connectivity index is 1.53. The van der Waals surface area contributed by atoms with E-state index in [-0.39, 0.29) is 11.9 Å². The Morgan fingerprint density at radius 1 is 1.03 bits per heavy atom. The van der Waals surface area contributed by atoms with Crippen molar-refractivity contribution in [1.82, 2.24) is 9.47 Å². The fourth-order valence-electron chi connectivity index (χ4n) is 5.21. The average molecular weight is 549 g/mol. The smallest absolute Gasteiger partial charge is 0.267 e. The van der Waals surface area contributed by atoms with Gasteiger partial charge in [0, 0.05) is 27.6 Å². The van der Waals surface area contributed by atoms with Gasteiger partial charge in [-0.05, 0) is 98.5 Å². The van der Waals surface area contributed by atoms with Gasteiger partial charge in [-0.15, -0.1) is 0 Å². The van der Waals surface area contributed by atoms with Gasteiger partial charge in [-0.2, -0.15) is 0 Å². The zero-order valence-corrected chi connectivity index (χ0v) is 22.8. The third-order valence-corrected chi connectivity index (χ3v) is 8.57. The fourth-order valence-corrected chi connectivity index (χ4v) is 6.51. The first-order valence-corrected chi connectivity index (χ1v) is 13.8. The Kier molecular flexibility index (Phi) is 7.03. The highest BCUT2D eigenvalue weighted by atomic mass is 79.9. The maximum atomic E-state index is 13.8. The third kappa shape index (κ3) is 4.91. The molecule has 2 atom stereocenters. The van der Waals surface area contributed by atoms with Crippen LogP contribution in [0.2, 0.25) is 0 Å². The number of aryl methyl sites for hydroxylation is 1. The molecule has 0 bridgehead atoms. The van der Waals surface area contributed by atoms with Crippen LogP contribution in [-0.4, -0.2) is 26.6 Å². The van der Waals surface area contributed by atoms with E-state index < -0.39 is 0 Å². The van der Waals surface area contributed by atoms with Crippen molar-refractivity contribution < 1.29 is 4.79 Å². The summed E-state index contributed by atoms with van der Waals surface area (Å²) in [6.07, 6.45) is 6.65. The first kappa shape index (κ1) is 24.1. The molecule has 0 unspecified atom stereocenters. The van der Waals surface area contributed by atoms with E-state index in [1.165, 1.54) is 18.2 Å². The average Bonchev–Trinajstić information content (AvgIpc) is 3.30. The minimum atomic E-state index is 0.0804. The topological polar surface area (TPSA) is 37.6 Å². The van der Waals surface area contributed by atoms with Crippen LogP contribution in [0.3, 0.4) is 0 Å². The number of nitrogens with zero attached hydrogens (tertiary/aromatic N) is 3. The lowest BCUT2D eigenvalue weighted by molar-refractivity contribution is -0.124. The van der Waals surface area contributed by atoms with Crippen LogP contribution in [0.5, 0.6) is 0 Å². The second-order valence-corrected chi connectivity index (χ2v) is 11.4. The highest BCUT2D eigenvalue weighted by molar-refractivity contribution is 9.10. The molecule has 2 aromatic carbocycles. The van der Waals surface area contributed by atoms with Crippen molar-refractivity contribution in [2.24, 2.45) is 10.9 Å². The fraction of sp³-hybridized carbons (Fsp3) is 0.310. The zero-order valence-electron chi connectivity index (χ0n) is 20.4. The number of aliphatic imine (C=N–C) groups is 1. The van der Waals surface area contributed by atoms with E-state index in [1.54, 1.807) is 0 Å². The number of para-hydroxylation sites is 1. The van der Waals surface area contributed by atoms with Gasteiger partial charge in [0.15, 0.2) is 5.17 Å². The molecule has 3 aromatic rings. The molecule has 0 spiro atoms. The number of amides is 1. The molecule has 2 fully saturated rings. The molecule has 2 aliphatic rings. The van der Waals surface area contributed by atoms with Crippen molar-refractivity contribution >= 4 is 50.5 Å². The second-order valence-electron chi connectivity index (χ2n) is 9.48. The maximum Gasteiger partial charge on any atom is 0.267 e. The number of halogens is 1. The van der Waals surface area contributed by atoms with Crippen LogP contribution >= 0.6 is 27.7 Å². The van der Waals surface area contributed by atoms with Crippen LogP contribution in [0, 0.1) is 19.8 Å². The summed E-state index contributed by atoms with van der Waals surface area (Å²) in [5.41, 5.74) is 5.33. The number of aromatic nitrogens is 1. The number of hydrogen-bond donors (Lipinski definition) is 0. The number of rotatable bonds is 4. The Morgan fingerprint density at radius 3 is 2.46 bits per heavy atom. The van der Waals surface area contributed by atoms with Gasteiger partial charge in [0.05, 0.1) is 10.6 Å². The van der Waals surface area contributed by atoms with E-state index >= 15 is 0 Å². The highest BCUT2D eigenvalue weighted by Crippen LogP contribution is 2.40. The summed E-state index contributed by atoms with van der Waals surface area (Å²) >= 11 is 5.03. The van der Waals surface area contributed by atoms with Crippen molar-refractivity contribution in [3.05, 3.63) is 87.0 Å². The summed E-state index contributed by atoms with van der Waals surface area (Å²) in [6.45, 7) is 6.50. The Bertz CT molecular complexity index is 1290. The molecule has 1 aliphatic heterocycles. The van der Waals surface area contributed by atoms with Gasteiger partial charge >= 0.3 is 0 Å². The van der Waals surface area contributed by atoms with E-state index in [2.05, 4.69) is 77.7 Å². The molecule has 1 amide bonds. The van der Waals surface area contributed by atoms with Gasteiger partial charge in [0.2, 0.25) is 0 Å². The molecule has 4 nitrogen and oxygen atoms in total. The molecule has 5 rings (SSSR count). The zero-order chi connectivity index (χ0) is 24.5. The van der Waals surface area contributed by atoms with E-state index in [0.717, 1.165) is 62.1 Å². The molecule has 0 radical (unpaired) electrons. The highest BCUT2D eigenvalue weighted by Gasteiger charge is 2.41. The molecular formula is C29H30BrN3OS. The van der Waals surface area contributed by atoms with Crippen molar-refractivity contribution in [2.45, 2.75) is 52.5 Å². The Labute approximate surface area is 220 Å². The molecule has 180 valence electrons. The normalized spacial score (nSPS) is 23.0. The summed E-state index contributed by atoms with van der Waals surface area (Å²) in [5, 5.41) is 0.799. The minimum Gasteiger partial charge on any atom is -0.318 e. The van der Waals surface area contributed by atoms with Crippen LogP contribution in [0.1, 0.15) is 49.6 Å². The minimum absolute atomic E-state index is 0.0804. The first-order valence-electron chi connectivity index (χ1n) is 12.2. The summed E-state index contributed by atoms with van der Waals surface area (Å²) in [5.74, 6) is 0.549. The Hall–Kier alpha value is -2.57. The SMILES string of the molecule is Cc1cc(/C=C2\SC(=Nc3ccccc3)N([C@@H]3CCCC[C@@H]3C)C2=O)c(C)n1-c1ccc(Br)cc1. The van der Waals surface area contributed by atoms with E-state index in [9.17, 15) is 4.79 Å². The number of thioether (sulfide) groups is 1. The van der Waals surface area contributed by atoms with Crippen molar-refractivity contribution in [1.29, 1.82) is 0 Å². The maximum absolute atomic E-state index is 13.8. The van der Waals surface area contributed by atoms with Crippen molar-refractivity contribution in [3.8, 4) is 5.69 Å². The molecule has 6 heteroatoms. The number of amidine groups is 1. The predicted octanol–water partition coefficient (Wildman–Crippen LogP) is 8.04. The molecule has 1 saturated heterocycles. The number of carbonyl (C=O) groups is 1. The molecule has 1 saturated carbocycles. The summed E-state index contributed by atoms with van der Waals surface area (Å²) in [6, 6.07) is 20.6. The van der Waals surface area contributed by atoms with Crippen molar-refractivity contribution in [3.63, 3.8) is 0 Å². The molecule has 2 heterocycles. The molecule has 1 aliphatic carbocycles. The summed E-state index contributed by atoms with van der Waals surface area (Å²) in [7, 11) is 0. The summed E-state index contributed by atoms with van der Waals surface area (Å²) in [4.78, 5) is 21.5. The Morgan fingerprint density at radius 2 is 1.74 bits per heavy atom. The number of hydrogen-bond acceptors (Lipinski definition) is 3. The second kappa shape index (κ2) is 10.2. The number of carbonyl (C=O) groups excluding carboxylic acids is 1. The van der Waals surface area contributed by atoms with Gasteiger partial charge in [-0.3, -0.25) is 9.69 Å². The van der Waals surface area contributed by atoms with Crippen molar-refractivity contribution in [2.75, 3.05) is 0 Å². The number of benzene rings is 2. The van der Waals surface area contributed by atoms with Crippen LogP contribution < -0.4 is 0 Å². The molecular weight excluding hydrogens is 518 g/mol. The lowest BCUT2D eigenvalue weighted by atomic mass is 9.85. The first-order chi connectivity index (χ1) is 16.9. The van der Waals surface area contributed by atoms with Gasteiger partial charge in [-0.25, -0.2) is 4.99 Å². The quantitative estimate of drug-likeness (QED) is 0.310. The monoisotopic (exact) mass is 547 g/mol. The standard InChI is InChI=1S/C29H30BrN3OS/c1-19-9-7-8-12-26(19)33-28(34)27(35-29(33)31-24-10-5-4-6-11-24)18-22-17-20(2)32(21(22)3)25-15-13-23(30)14-16-25/h4-6,10-11,13-19,26H,7-9,12H2,1-3H3/b27-18-,31-29?/t19-,26+/m0/s1. The lowest BCUT2D eigenvalue weighted by Gasteiger charge is -2.35. The van der Waals surface area contributed by atoms with E-state index in [1.807, 2.05) is 35.2 Å². The van der Waals surface area contributed by atoms with Crippen LogP contribution in [0.4, 0.5) is 5.69 Å². The summed E-state index contributed by atoms with van der Waals surface area (Å²) < 4.78 is 3.30.